The molecule has 4 nitrogen and oxygen atoms in total. The lowest BCUT2D eigenvalue weighted by Crippen LogP contribution is -2.49. The van der Waals surface area contributed by atoms with E-state index < -0.39 is 11.5 Å². The summed E-state index contributed by atoms with van der Waals surface area (Å²) in [7, 11) is 0. The lowest BCUT2D eigenvalue weighted by atomic mass is 9.95. The van der Waals surface area contributed by atoms with E-state index in [0.29, 0.717) is 13.0 Å². The van der Waals surface area contributed by atoms with Crippen LogP contribution < -0.4 is 5.32 Å². The van der Waals surface area contributed by atoms with E-state index in [-0.39, 0.29) is 0 Å². The van der Waals surface area contributed by atoms with Gasteiger partial charge in [0.2, 0.25) is 0 Å². The third kappa shape index (κ3) is 5.80. The number of carbonyl (C=O) groups is 1. The summed E-state index contributed by atoms with van der Waals surface area (Å²) >= 11 is 0. The second-order valence-electron chi connectivity index (χ2n) is 6.72. The number of aliphatic carboxylic acids is 1. The number of nitrogens with one attached hydrogen (secondary N) is 1. The van der Waals surface area contributed by atoms with Gasteiger partial charge in [-0.15, -0.1) is 0 Å². The van der Waals surface area contributed by atoms with Gasteiger partial charge in [-0.05, 0) is 64.6 Å². The Kier molecular flexibility index (Phi) is 6.96. The molecule has 0 aliphatic heterocycles. The Hall–Kier alpha value is -0.610. The van der Waals surface area contributed by atoms with E-state index in [1.165, 1.54) is 19.3 Å². The Morgan fingerprint density at radius 2 is 2.05 bits per heavy atom. The summed E-state index contributed by atoms with van der Waals surface area (Å²) in [6.07, 6.45) is 5.52. The molecule has 1 atom stereocenters. The van der Waals surface area contributed by atoms with Gasteiger partial charge in [-0.3, -0.25) is 4.79 Å². The van der Waals surface area contributed by atoms with E-state index in [1.54, 1.807) is 6.92 Å². The molecule has 20 heavy (non-hydrogen) atoms. The number of hydrogen-bond donors (Lipinski definition) is 2. The number of rotatable bonds is 11. The molecule has 0 amide bonds. The minimum absolute atomic E-state index is 0.696. The molecular weight excluding hydrogens is 252 g/mol. The standard InChI is InChI=1S/C16H32N2O2/c1-5-17-16(4,15(19)20)10-6-11-18(14-7-8-14)12-9-13(2)3/h13-14,17H,5-12H2,1-4H3,(H,19,20). The zero-order valence-electron chi connectivity index (χ0n) is 13.6. The summed E-state index contributed by atoms with van der Waals surface area (Å²) in [4.78, 5) is 13.9. The molecule has 4 heteroatoms. The zero-order chi connectivity index (χ0) is 15.2. The molecule has 0 aromatic heterocycles. The maximum absolute atomic E-state index is 11.4. The average molecular weight is 284 g/mol. The smallest absolute Gasteiger partial charge is 0.323 e. The van der Waals surface area contributed by atoms with Gasteiger partial charge in [0.1, 0.15) is 5.54 Å². The molecular formula is C16H32N2O2. The van der Waals surface area contributed by atoms with Crippen LogP contribution in [0.5, 0.6) is 0 Å². The van der Waals surface area contributed by atoms with Crippen LogP contribution in [-0.4, -0.2) is 47.2 Å². The van der Waals surface area contributed by atoms with Crippen LogP contribution in [-0.2, 0) is 4.79 Å². The Morgan fingerprint density at radius 1 is 1.40 bits per heavy atom. The first-order valence-electron chi connectivity index (χ1n) is 8.11. The van der Waals surface area contributed by atoms with Gasteiger partial charge in [0, 0.05) is 6.04 Å². The molecule has 0 aromatic carbocycles. The Morgan fingerprint density at radius 3 is 2.50 bits per heavy atom. The predicted molar refractivity (Wildman–Crippen MR) is 83.0 cm³/mol. The number of carboxylic acid groups (broad SMARTS) is 1. The molecule has 0 aromatic rings. The Labute approximate surface area is 123 Å². The lowest BCUT2D eigenvalue weighted by Gasteiger charge is -2.28. The van der Waals surface area contributed by atoms with Crippen molar-refractivity contribution in [3.05, 3.63) is 0 Å². The summed E-state index contributed by atoms with van der Waals surface area (Å²) in [6, 6.07) is 0.768. The summed E-state index contributed by atoms with van der Waals surface area (Å²) in [5.41, 5.74) is -0.776. The molecule has 0 heterocycles. The molecule has 1 aliphatic carbocycles. The first kappa shape index (κ1) is 17.4. The SMILES string of the molecule is CCNC(C)(CCCN(CCC(C)C)C1CC1)C(=O)O. The zero-order valence-corrected chi connectivity index (χ0v) is 13.6. The fourth-order valence-electron chi connectivity index (χ4n) is 2.64. The molecule has 118 valence electrons. The van der Waals surface area contributed by atoms with E-state index in [0.717, 1.165) is 31.5 Å². The molecule has 0 saturated heterocycles. The third-order valence-electron chi connectivity index (χ3n) is 4.22. The number of hydrogen-bond acceptors (Lipinski definition) is 3. The van der Waals surface area contributed by atoms with Crippen LogP contribution in [0.25, 0.3) is 0 Å². The van der Waals surface area contributed by atoms with Gasteiger partial charge in [0.15, 0.2) is 0 Å². The van der Waals surface area contributed by atoms with Gasteiger partial charge in [-0.25, -0.2) is 0 Å². The molecule has 1 saturated carbocycles. The van der Waals surface area contributed by atoms with Crippen molar-refractivity contribution in [1.29, 1.82) is 0 Å². The van der Waals surface area contributed by atoms with Crippen LogP contribution >= 0.6 is 0 Å². The molecule has 0 spiro atoms. The highest BCUT2D eigenvalue weighted by Gasteiger charge is 2.33. The molecule has 1 unspecified atom stereocenters. The minimum atomic E-state index is -0.776. The van der Waals surface area contributed by atoms with Crippen LogP contribution in [0.2, 0.25) is 0 Å². The minimum Gasteiger partial charge on any atom is -0.480 e. The summed E-state index contributed by atoms with van der Waals surface area (Å²) < 4.78 is 0. The van der Waals surface area contributed by atoms with Crippen molar-refractivity contribution >= 4 is 5.97 Å². The van der Waals surface area contributed by atoms with Gasteiger partial charge in [0.25, 0.3) is 0 Å². The fourth-order valence-corrected chi connectivity index (χ4v) is 2.64. The molecule has 0 radical (unpaired) electrons. The van der Waals surface area contributed by atoms with Gasteiger partial charge >= 0.3 is 5.97 Å². The third-order valence-corrected chi connectivity index (χ3v) is 4.22. The van der Waals surface area contributed by atoms with Crippen molar-refractivity contribution < 1.29 is 9.90 Å². The highest BCUT2D eigenvalue weighted by molar-refractivity contribution is 5.78. The summed E-state index contributed by atoms with van der Waals surface area (Å²) in [5, 5.41) is 12.5. The highest BCUT2D eigenvalue weighted by atomic mass is 16.4. The molecule has 2 N–H and O–H groups in total. The second kappa shape index (κ2) is 7.99. The van der Waals surface area contributed by atoms with Crippen molar-refractivity contribution in [2.24, 2.45) is 5.92 Å². The molecule has 1 rings (SSSR count). The van der Waals surface area contributed by atoms with Crippen LogP contribution in [0.1, 0.15) is 59.8 Å². The molecule has 1 aliphatic rings. The molecule has 1 fully saturated rings. The first-order chi connectivity index (χ1) is 9.39. The van der Waals surface area contributed by atoms with Gasteiger partial charge in [-0.2, -0.15) is 0 Å². The fraction of sp³-hybridized carbons (Fsp3) is 0.938. The summed E-state index contributed by atoms with van der Waals surface area (Å²) in [6.45, 7) is 11.2. The number of carboxylic acids is 1. The van der Waals surface area contributed by atoms with E-state index >= 15 is 0 Å². The number of nitrogens with zero attached hydrogens (tertiary/aromatic N) is 1. The highest BCUT2D eigenvalue weighted by Crippen LogP contribution is 2.28. The van der Waals surface area contributed by atoms with Crippen molar-refractivity contribution in [3.63, 3.8) is 0 Å². The normalized spacial score (nSPS) is 18.5. The van der Waals surface area contributed by atoms with E-state index in [2.05, 4.69) is 24.1 Å². The molecule has 0 bridgehead atoms. The van der Waals surface area contributed by atoms with Crippen LogP contribution in [0.3, 0.4) is 0 Å². The van der Waals surface area contributed by atoms with Gasteiger partial charge in [0.05, 0.1) is 0 Å². The Bertz CT molecular complexity index is 303. The monoisotopic (exact) mass is 284 g/mol. The van der Waals surface area contributed by atoms with Gasteiger partial charge < -0.3 is 15.3 Å². The largest absolute Gasteiger partial charge is 0.480 e. The van der Waals surface area contributed by atoms with Crippen molar-refractivity contribution in [2.75, 3.05) is 19.6 Å². The Balaban J connectivity index is 2.36. The van der Waals surface area contributed by atoms with Gasteiger partial charge in [-0.1, -0.05) is 20.8 Å². The number of likely N-dealkylation sites (N-methyl/N-ethyl adjacent to an activating group) is 1. The second-order valence-corrected chi connectivity index (χ2v) is 6.72. The first-order valence-corrected chi connectivity index (χ1v) is 8.11. The van der Waals surface area contributed by atoms with Crippen LogP contribution in [0.4, 0.5) is 0 Å². The average Bonchev–Trinajstić information content (AvgIpc) is 3.17. The maximum Gasteiger partial charge on any atom is 0.323 e. The van der Waals surface area contributed by atoms with Crippen molar-refractivity contribution in [3.8, 4) is 0 Å². The van der Waals surface area contributed by atoms with Crippen molar-refractivity contribution in [1.82, 2.24) is 10.2 Å². The quantitative estimate of drug-likeness (QED) is 0.612. The maximum atomic E-state index is 11.4. The van der Waals surface area contributed by atoms with E-state index in [1.807, 2.05) is 6.92 Å². The van der Waals surface area contributed by atoms with Crippen LogP contribution in [0, 0.1) is 5.92 Å². The van der Waals surface area contributed by atoms with E-state index in [4.69, 9.17) is 0 Å². The summed E-state index contributed by atoms with van der Waals surface area (Å²) in [5.74, 6) is 0.00166. The van der Waals surface area contributed by atoms with Crippen LogP contribution in [0.15, 0.2) is 0 Å². The van der Waals surface area contributed by atoms with Crippen molar-refractivity contribution in [2.45, 2.75) is 71.4 Å². The topological polar surface area (TPSA) is 52.6 Å². The predicted octanol–water partition coefficient (Wildman–Crippen LogP) is 2.73. The lowest BCUT2D eigenvalue weighted by molar-refractivity contribution is -0.144. The van der Waals surface area contributed by atoms with E-state index in [9.17, 15) is 9.90 Å².